The van der Waals surface area contributed by atoms with Crippen LogP contribution >= 0.6 is 11.6 Å². The Morgan fingerprint density at radius 3 is 2.46 bits per heavy atom. The molecule has 0 radical (unpaired) electrons. The van der Waals surface area contributed by atoms with Crippen LogP contribution in [0.5, 0.6) is 5.75 Å². The molecular formula is C21H18ClN3O3. The van der Waals surface area contributed by atoms with Crippen LogP contribution < -0.4 is 5.56 Å². The first-order valence-corrected chi connectivity index (χ1v) is 9.26. The van der Waals surface area contributed by atoms with Crippen molar-refractivity contribution in [3.8, 4) is 16.9 Å². The Morgan fingerprint density at radius 1 is 1.04 bits per heavy atom. The summed E-state index contributed by atoms with van der Waals surface area (Å²) >= 11 is 6.38. The topological polar surface area (TPSA) is 75.4 Å². The van der Waals surface area contributed by atoms with Crippen molar-refractivity contribution in [2.45, 2.75) is 13.0 Å². The summed E-state index contributed by atoms with van der Waals surface area (Å²) in [4.78, 5) is 30.2. The highest BCUT2D eigenvalue weighted by atomic mass is 35.5. The third-order valence-electron chi connectivity index (χ3n) is 4.98. The van der Waals surface area contributed by atoms with E-state index >= 15 is 0 Å². The zero-order valence-electron chi connectivity index (χ0n) is 15.2. The second-order valence-electron chi connectivity index (χ2n) is 6.72. The number of carbonyl (C=O) groups is 1. The fourth-order valence-corrected chi connectivity index (χ4v) is 3.74. The highest BCUT2D eigenvalue weighted by molar-refractivity contribution is 6.33. The molecule has 3 aromatic rings. The van der Waals surface area contributed by atoms with Crippen molar-refractivity contribution in [3.05, 3.63) is 81.0 Å². The number of nitrogens with zero attached hydrogens (tertiary/aromatic N) is 3. The van der Waals surface area contributed by atoms with Crippen LogP contribution in [0.1, 0.15) is 21.9 Å². The zero-order chi connectivity index (χ0) is 19.8. The Bertz CT molecular complexity index is 1140. The summed E-state index contributed by atoms with van der Waals surface area (Å²) in [7, 11) is 1.64. The molecule has 1 amide bonds. The molecule has 28 heavy (non-hydrogen) atoms. The van der Waals surface area contributed by atoms with Crippen molar-refractivity contribution in [1.82, 2.24) is 14.5 Å². The minimum Gasteiger partial charge on any atom is -0.501 e. The van der Waals surface area contributed by atoms with Gasteiger partial charge in [-0.1, -0.05) is 54.1 Å². The van der Waals surface area contributed by atoms with Gasteiger partial charge in [-0.15, -0.1) is 0 Å². The average molecular weight is 396 g/mol. The molecule has 6 nitrogen and oxygen atoms in total. The maximum Gasteiger partial charge on any atom is 0.315 e. The first-order valence-electron chi connectivity index (χ1n) is 8.88. The first kappa shape index (κ1) is 18.3. The van der Waals surface area contributed by atoms with Crippen molar-refractivity contribution in [3.63, 3.8) is 0 Å². The van der Waals surface area contributed by atoms with Crippen molar-refractivity contribution in [2.24, 2.45) is 0 Å². The predicted molar refractivity (Wildman–Crippen MR) is 107 cm³/mol. The van der Waals surface area contributed by atoms with E-state index in [2.05, 4.69) is 4.98 Å². The molecule has 1 aliphatic heterocycles. The molecule has 0 fully saturated rings. The Balaban J connectivity index is 1.85. The molecule has 2 heterocycles. The van der Waals surface area contributed by atoms with Crippen LogP contribution in [0.4, 0.5) is 0 Å². The molecule has 1 N–H and O–H groups in total. The molecule has 2 aromatic carbocycles. The van der Waals surface area contributed by atoms with Crippen molar-refractivity contribution < 1.29 is 9.90 Å². The number of aromatic hydroxyl groups is 1. The molecule has 0 aliphatic carbocycles. The molecule has 142 valence electrons. The van der Waals surface area contributed by atoms with Gasteiger partial charge in [-0.05, 0) is 17.2 Å². The molecule has 0 spiro atoms. The highest BCUT2D eigenvalue weighted by Gasteiger charge is 2.29. The first-order chi connectivity index (χ1) is 13.5. The molecule has 4 rings (SSSR count). The van der Waals surface area contributed by atoms with Crippen LogP contribution in [0.25, 0.3) is 11.1 Å². The van der Waals surface area contributed by atoms with Gasteiger partial charge < -0.3 is 14.6 Å². The van der Waals surface area contributed by atoms with Gasteiger partial charge in [0.1, 0.15) is 5.82 Å². The molecule has 1 aliphatic rings. The third kappa shape index (κ3) is 3.05. The summed E-state index contributed by atoms with van der Waals surface area (Å²) in [6.07, 6.45) is 0.334. The fourth-order valence-electron chi connectivity index (χ4n) is 3.50. The van der Waals surface area contributed by atoms with Crippen LogP contribution in [0.3, 0.4) is 0 Å². The average Bonchev–Trinajstić information content (AvgIpc) is 2.69. The number of halogens is 1. The lowest BCUT2D eigenvalue weighted by molar-refractivity contribution is 0.0738. The summed E-state index contributed by atoms with van der Waals surface area (Å²) in [6, 6.07) is 15.3. The molecule has 0 bridgehead atoms. The van der Waals surface area contributed by atoms with E-state index in [0.717, 1.165) is 16.7 Å². The largest absolute Gasteiger partial charge is 0.501 e. The number of hydrogen-bond acceptors (Lipinski definition) is 4. The Kier molecular flexibility index (Phi) is 4.65. The molecule has 0 unspecified atom stereocenters. The number of amides is 1. The second kappa shape index (κ2) is 7.13. The van der Waals surface area contributed by atoms with Crippen LogP contribution in [0.15, 0.2) is 53.3 Å². The maximum atomic E-state index is 12.5. The Labute approximate surface area is 166 Å². The number of rotatable bonds is 3. The molecule has 0 atom stereocenters. The highest BCUT2D eigenvalue weighted by Crippen LogP contribution is 2.31. The van der Waals surface area contributed by atoms with Gasteiger partial charge in [0.2, 0.25) is 5.75 Å². The van der Waals surface area contributed by atoms with Crippen LogP contribution in [-0.2, 0) is 13.0 Å². The van der Waals surface area contributed by atoms with E-state index in [1.165, 1.54) is 4.90 Å². The van der Waals surface area contributed by atoms with Gasteiger partial charge >= 0.3 is 5.56 Å². The summed E-state index contributed by atoms with van der Waals surface area (Å²) < 4.78 is 1.64. The monoisotopic (exact) mass is 395 g/mol. The number of benzene rings is 2. The van der Waals surface area contributed by atoms with Crippen LogP contribution in [0, 0.1) is 0 Å². The van der Waals surface area contributed by atoms with E-state index in [4.69, 9.17) is 11.6 Å². The zero-order valence-corrected chi connectivity index (χ0v) is 16.0. The van der Waals surface area contributed by atoms with Crippen LogP contribution in [-0.4, -0.2) is 39.1 Å². The minimum atomic E-state index is -0.792. The third-order valence-corrected chi connectivity index (χ3v) is 5.31. The minimum absolute atomic E-state index is 0.000949. The summed E-state index contributed by atoms with van der Waals surface area (Å²) in [5.74, 6) is -0.540. The molecule has 0 saturated heterocycles. The van der Waals surface area contributed by atoms with Gasteiger partial charge in [0.05, 0.1) is 0 Å². The molecule has 7 heteroatoms. The van der Waals surface area contributed by atoms with Gasteiger partial charge in [0, 0.05) is 37.1 Å². The van der Waals surface area contributed by atoms with Crippen molar-refractivity contribution in [1.29, 1.82) is 0 Å². The number of fused-ring (bicyclic) bond motifs is 1. The van der Waals surface area contributed by atoms with Crippen molar-refractivity contribution >= 4 is 17.5 Å². The standard InChI is InChI=1S/C21H18ClN3O3/c1-24-10-11-25-17(23-20(27)19(26)18(25)21(24)28)12-13-6-2-3-7-14(13)15-8-4-5-9-16(15)22/h2-9,26H,10-12H2,1H3. The Hall–Kier alpha value is -3.12. The number of likely N-dealkylation sites (N-methyl/N-ethyl adjacent to an activating group) is 1. The van der Waals surface area contributed by atoms with Gasteiger partial charge in [0.25, 0.3) is 5.91 Å². The lowest BCUT2D eigenvalue weighted by Gasteiger charge is -2.28. The number of hydrogen-bond donors (Lipinski definition) is 1. The van der Waals surface area contributed by atoms with Gasteiger partial charge in [-0.2, -0.15) is 4.98 Å². The van der Waals surface area contributed by atoms with Crippen LogP contribution in [0.2, 0.25) is 5.02 Å². The molecule has 1 aromatic heterocycles. The quantitative estimate of drug-likeness (QED) is 0.739. The summed E-state index contributed by atoms with van der Waals surface area (Å²) in [6.45, 7) is 0.941. The second-order valence-corrected chi connectivity index (χ2v) is 7.13. The van der Waals surface area contributed by atoms with E-state index in [9.17, 15) is 14.7 Å². The van der Waals surface area contributed by atoms with E-state index in [-0.39, 0.29) is 11.6 Å². The smallest absolute Gasteiger partial charge is 0.315 e. The van der Waals surface area contributed by atoms with E-state index in [1.807, 2.05) is 48.5 Å². The normalized spacial score (nSPS) is 13.5. The molecular weight excluding hydrogens is 378 g/mol. The lowest BCUT2D eigenvalue weighted by Crippen LogP contribution is -2.41. The van der Waals surface area contributed by atoms with E-state index < -0.39 is 11.3 Å². The number of carbonyl (C=O) groups excluding carboxylic acids is 1. The maximum absolute atomic E-state index is 12.5. The van der Waals surface area contributed by atoms with E-state index in [1.54, 1.807) is 11.6 Å². The van der Waals surface area contributed by atoms with Gasteiger partial charge in [0.15, 0.2) is 5.69 Å². The SMILES string of the molecule is CN1CCn2c(Cc3ccccc3-c3ccccc3Cl)nc(=O)c(O)c2C1=O. The predicted octanol–water partition coefficient (Wildman–Crippen LogP) is 2.95. The summed E-state index contributed by atoms with van der Waals surface area (Å²) in [5, 5.41) is 10.8. The number of aromatic nitrogens is 2. The Morgan fingerprint density at radius 2 is 1.71 bits per heavy atom. The lowest BCUT2D eigenvalue weighted by atomic mass is 9.97. The van der Waals surface area contributed by atoms with Gasteiger partial charge in [-0.25, -0.2) is 0 Å². The van der Waals surface area contributed by atoms with Crippen molar-refractivity contribution in [2.75, 3.05) is 13.6 Å². The fraction of sp³-hybridized carbons (Fsp3) is 0.190. The van der Waals surface area contributed by atoms with E-state index in [0.29, 0.717) is 30.4 Å². The van der Waals surface area contributed by atoms with Gasteiger partial charge in [-0.3, -0.25) is 9.59 Å². The molecule has 0 saturated carbocycles. The summed E-state index contributed by atoms with van der Waals surface area (Å²) in [5.41, 5.74) is 1.95.